The van der Waals surface area contributed by atoms with Gasteiger partial charge in [0, 0.05) is 11.6 Å². The molecule has 0 aliphatic carbocycles. The van der Waals surface area contributed by atoms with Crippen LogP contribution in [0.25, 0.3) is 22.4 Å². The van der Waals surface area contributed by atoms with Crippen LogP contribution in [0.5, 0.6) is 17.2 Å². The molecule has 0 amide bonds. The molecule has 5 nitrogen and oxygen atoms in total. The number of methoxy groups -OCH3 is 1. The van der Waals surface area contributed by atoms with Crippen molar-refractivity contribution < 1.29 is 14.9 Å². The summed E-state index contributed by atoms with van der Waals surface area (Å²) in [4.78, 5) is 7.57. The summed E-state index contributed by atoms with van der Waals surface area (Å²) in [5.41, 5.74) is 2.36. The Morgan fingerprint density at radius 1 is 1.05 bits per heavy atom. The Hall–Kier alpha value is -2.69. The molecule has 96 valence electrons. The van der Waals surface area contributed by atoms with Crippen LogP contribution in [0.15, 0.2) is 36.4 Å². The Kier molecular flexibility index (Phi) is 2.52. The molecule has 5 heteroatoms. The lowest BCUT2D eigenvalue weighted by molar-refractivity contribution is 0.404. The van der Waals surface area contributed by atoms with Crippen molar-refractivity contribution >= 4 is 11.0 Å². The lowest BCUT2D eigenvalue weighted by Crippen LogP contribution is -1.81. The molecule has 0 bridgehead atoms. The van der Waals surface area contributed by atoms with E-state index in [1.54, 1.807) is 13.2 Å². The summed E-state index contributed by atoms with van der Waals surface area (Å²) < 4.78 is 5.15. The zero-order valence-corrected chi connectivity index (χ0v) is 10.2. The number of rotatable bonds is 2. The third kappa shape index (κ3) is 1.95. The van der Waals surface area contributed by atoms with Gasteiger partial charge in [-0.05, 0) is 30.3 Å². The zero-order valence-electron chi connectivity index (χ0n) is 10.2. The Labute approximate surface area is 109 Å². The number of hydrogen-bond donors (Lipinski definition) is 3. The number of fused-ring (bicyclic) bond motifs is 1. The molecule has 0 radical (unpaired) electrons. The molecule has 0 atom stereocenters. The number of benzene rings is 2. The molecule has 3 N–H and O–H groups in total. The van der Waals surface area contributed by atoms with Gasteiger partial charge in [0.05, 0.1) is 18.1 Å². The SMILES string of the molecule is COc1ccc2nc(-c3ccc(O)c(O)c3)[nH]c2c1. The average molecular weight is 256 g/mol. The number of aromatic amines is 1. The van der Waals surface area contributed by atoms with Gasteiger partial charge in [-0.3, -0.25) is 0 Å². The molecule has 19 heavy (non-hydrogen) atoms. The minimum Gasteiger partial charge on any atom is -0.504 e. The molecule has 0 spiro atoms. The first kappa shape index (κ1) is 11.4. The standard InChI is InChI=1S/C14H12N2O3/c1-19-9-3-4-10-11(7-9)16-14(15-10)8-2-5-12(17)13(18)6-8/h2-7,17-18H,1H3,(H,15,16). The van der Waals surface area contributed by atoms with Gasteiger partial charge in [0.2, 0.25) is 0 Å². The maximum Gasteiger partial charge on any atom is 0.158 e. The first-order chi connectivity index (χ1) is 9.17. The summed E-state index contributed by atoms with van der Waals surface area (Å²) >= 11 is 0. The fourth-order valence-electron chi connectivity index (χ4n) is 1.92. The smallest absolute Gasteiger partial charge is 0.158 e. The monoisotopic (exact) mass is 256 g/mol. The van der Waals surface area contributed by atoms with E-state index in [0.717, 1.165) is 16.8 Å². The second-order valence-electron chi connectivity index (χ2n) is 4.17. The summed E-state index contributed by atoms with van der Waals surface area (Å²) in [7, 11) is 1.61. The Balaban J connectivity index is 2.11. The van der Waals surface area contributed by atoms with Crippen LogP contribution in [-0.4, -0.2) is 27.3 Å². The van der Waals surface area contributed by atoms with Crippen molar-refractivity contribution in [2.45, 2.75) is 0 Å². The maximum atomic E-state index is 9.51. The number of phenolic OH excluding ortho intramolecular Hbond substituents is 2. The molecule has 0 aliphatic heterocycles. The van der Waals surface area contributed by atoms with E-state index < -0.39 is 0 Å². The van der Waals surface area contributed by atoms with Gasteiger partial charge in [0.15, 0.2) is 11.5 Å². The molecule has 0 fully saturated rings. The van der Waals surface area contributed by atoms with Crippen LogP contribution >= 0.6 is 0 Å². The largest absolute Gasteiger partial charge is 0.504 e. The van der Waals surface area contributed by atoms with Crippen molar-refractivity contribution in [2.24, 2.45) is 0 Å². The van der Waals surface area contributed by atoms with Gasteiger partial charge in [-0.2, -0.15) is 0 Å². The summed E-state index contributed by atoms with van der Waals surface area (Å²) in [5, 5.41) is 18.8. The number of hydrogen-bond acceptors (Lipinski definition) is 4. The van der Waals surface area contributed by atoms with Gasteiger partial charge in [-0.25, -0.2) is 4.98 Å². The summed E-state index contributed by atoms with van der Waals surface area (Å²) in [6.45, 7) is 0. The minimum atomic E-state index is -0.171. The third-order valence-corrected chi connectivity index (χ3v) is 2.94. The number of imidazole rings is 1. The van der Waals surface area contributed by atoms with E-state index in [1.165, 1.54) is 12.1 Å². The van der Waals surface area contributed by atoms with Crippen LogP contribution < -0.4 is 4.74 Å². The predicted octanol–water partition coefficient (Wildman–Crippen LogP) is 2.65. The van der Waals surface area contributed by atoms with Crippen LogP contribution in [0.1, 0.15) is 0 Å². The van der Waals surface area contributed by atoms with E-state index >= 15 is 0 Å². The molecule has 3 aromatic rings. The van der Waals surface area contributed by atoms with Gasteiger partial charge >= 0.3 is 0 Å². The highest BCUT2D eigenvalue weighted by Gasteiger charge is 2.08. The molecule has 0 saturated heterocycles. The van der Waals surface area contributed by atoms with Crippen LogP contribution in [0.3, 0.4) is 0 Å². The fraction of sp³-hybridized carbons (Fsp3) is 0.0714. The molecule has 0 saturated carbocycles. The molecule has 1 heterocycles. The van der Waals surface area contributed by atoms with Crippen molar-refractivity contribution in [2.75, 3.05) is 7.11 Å². The second kappa shape index (κ2) is 4.20. The molecular weight excluding hydrogens is 244 g/mol. The van der Waals surface area contributed by atoms with E-state index in [1.807, 2.05) is 18.2 Å². The molecular formula is C14H12N2O3. The number of aromatic nitrogens is 2. The molecule has 1 aromatic heterocycles. The van der Waals surface area contributed by atoms with Crippen LogP contribution in [0.2, 0.25) is 0 Å². The van der Waals surface area contributed by atoms with Crippen molar-refractivity contribution in [1.29, 1.82) is 0 Å². The number of H-pyrrole nitrogens is 1. The van der Waals surface area contributed by atoms with E-state index in [0.29, 0.717) is 11.4 Å². The van der Waals surface area contributed by atoms with Crippen molar-refractivity contribution in [3.63, 3.8) is 0 Å². The van der Waals surface area contributed by atoms with Gasteiger partial charge in [-0.15, -0.1) is 0 Å². The number of ether oxygens (including phenoxy) is 1. The van der Waals surface area contributed by atoms with Crippen LogP contribution in [0.4, 0.5) is 0 Å². The number of nitrogens with one attached hydrogen (secondary N) is 1. The number of phenols is 2. The second-order valence-corrected chi connectivity index (χ2v) is 4.17. The van der Waals surface area contributed by atoms with Crippen LogP contribution in [-0.2, 0) is 0 Å². The molecule has 0 aliphatic rings. The van der Waals surface area contributed by atoms with Crippen molar-refractivity contribution in [3.05, 3.63) is 36.4 Å². The van der Waals surface area contributed by atoms with E-state index in [-0.39, 0.29) is 11.5 Å². The summed E-state index contributed by atoms with van der Waals surface area (Å²) in [6.07, 6.45) is 0. The molecule has 2 aromatic carbocycles. The molecule has 3 rings (SSSR count). The lowest BCUT2D eigenvalue weighted by Gasteiger charge is -1.99. The zero-order chi connectivity index (χ0) is 13.4. The Bertz CT molecular complexity index is 750. The highest BCUT2D eigenvalue weighted by molar-refractivity contribution is 5.81. The Morgan fingerprint density at radius 2 is 1.89 bits per heavy atom. The van der Waals surface area contributed by atoms with Gasteiger partial charge in [-0.1, -0.05) is 0 Å². The average Bonchev–Trinajstić information content (AvgIpc) is 2.84. The normalized spacial score (nSPS) is 10.8. The number of aromatic hydroxyl groups is 2. The third-order valence-electron chi connectivity index (χ3n) is 2.94. The topological polar surface area (TPSA) is 78.4 Å². The minimum absolute atomic E-state index is 0.151. The van der Waals surface area contributed by atoms with Crippen molar-refractivity contribution in [1.82, 2.24) is 9.97 Å². The highest BCUT2D eigenvalue weighted by atomic mass is 16.5. The van der Waals surface area contributed by atoms with E-state index in [9.17, 15) is 10.2 Å². The van der Waals surface area contributed by atoms with E-state index in [2.05, 4.69) is 9.97 Å². The predicted molar refractivity (Wildman–Crippen MR) is 71.4 cm³/mol. The highest BCUT2D eigenvalue weighted by Crippen LogP contribution is 2.30. The van der Waals surface area contributed by atoms with Crippen molar-refractivity contribution in [3.8, 4) is 28.6 Å². The first-order valence-electron chi connectivity index (χ1n) is 5.73. The Morgan fingerprint density at radius 3 is 2.63 bits per heavy atom. The first-order valence-corrected chi connectivity index (χ1v) is 5.73. The van der Waals surface area contributed by atoms with Crippen LogP contribution in [0, 0.1) is 0 Å². The summed E-state index contributed by atoms with van der Waals surface area (Å²) in [5.74, 6) is 1.05. The fourth-order valence-corrected chi connectivity index (χ4v) is 1.92. The van der Waals surface area contributed by atoms with Gasteiger partial charge in [0.25, 0.3) is 0 Å². The quantitative estimate of drug-likeness (QED) is 0.616. The lowest BCUT2D eigenvalue weighted by atomic mass is 10.2. The maximum absolute atomic E-state index is 9.51. The van der Waals surface area contributed by atoms with Gasteiger partial charge < -0.3 is 19.9 Å². The molecule has 0 unspecified atom stereocenters. The summed E-state index contributed by atoms with van der Waals surface area (Å²) in [6, 6.07) is 10.1. The number of nitrogens with zero attached hydrogens (tertiary/aromatic N) is 1. The van der Waals surface area contributed by atoms with E-state index in [4.69, 9.17) is 4.74 Å². The van der Waals surface area contributed by atoms with Gasteiger partial charge in [0.1, 0.15) is 11.6 Å².